The molecule has 0 aliphatic heterocycles. The van der Waals surface area contributed by atoms with Crippen molar-refractivity contribution < 1.29 is 17.9 Å². The van der Waals surface area contributed by atoms with Crippen LogP contribution in [0.3, 0.4) is 0 Å². The zero-order valence-corrected chi connectivity index (χ0v) is 15.1. The Morgan fingerprint density at radius 3 is 2.20 bits per heavy atom. The van der Waals surface area contributed by atoms with Gasteiger partial charge in [0.1, 0.15) is 0 Å². The van der Waals surface area contributed by atoms with Crippen molar-refractivity contribution in [1.29, 1.82) is 0 Å². The van der Waals surface area contributed by atoms with Gasteiger partial charge in [-0.3, -0.25) is 4.79 Å². The maximum Gasteiger partial charge on any atom is 0.302 e. The lowest BCUT2D eigenvalue weighted by Crippen LogP contribution is -2.24. The van der Waals surface area contributed by atoms with Crippen LogP contribution in [0.25, 0.3) is 11.1 Å². The van der Waals surface area contributed by atoms with Gasteiger partial charge in [-0.15, -0.1) is 0 Å². The number of nitrogens with one attached hydrogen (secondary N) is 1. The van der Waals surface area contributed by atoms with Crippen molar-refractivity contribution in [3.05, 3.63) is 54.6 Å². The molecule has 5 nitrogen and oxygen atoms in total. The molecule has 25 heavy (non-hydrogen) atoms. The number of hydrogen-bond donors (Lipinski definition) is 1. The van der Waals surface area contributed by atoms with Crippen LogP contribution in [0.5, 0.6) is 0 Å². The maximum atomic E-state index is 12.3. The molecule has 0 aliphatic rings. The van der Waals surface area contributed by atoms with Crippen LogP contribution in [0, 0.1) is 0 Å². The van der Waals surface area contributed by atoms with Crippen molar-refractivity contribution in [2.45, 2.75) is 31.1 Å². The Labute approximate surface area is 149 Å². The molecule has 0 fully saturated rings. The van der Waals surface area contributed by atoms with Gasteiger partial charge in [-0.2, -0.15) is 0 Å². The van der Waals surface area contributed by atoms with Gasteiger partial charge in [0.05, 0.1) is 11.5 Å². The molecule has 0 saturated carbocycles. The van der Waals surface area contributed by atoms with Crippen LogP contribution >= 0.6 is 0 Å². The highest BCUT2D eigenvalue weighted by molar-refractivity contribution is 7.89. The summed E-state index contributed by atoms with van der Waals surface area (Å²) in [6, 6.07) is 16.7. The van der Waals surface area contributed by atoms with E-state index < -0.39 is 10.0 Å². The molecule has 0 aliphatic carbocycles. The van der Waals surface area contributed by atoms with Gasteiger partial charge in [0.2, 0.25) is 10.0 Å². The Kier molecular flexibility index (Phi) is 7.16. The Morgan fingerprint density at radius 1 is 0.920 bits per heavy atom. The first-order valence-electron chi connectivity index (χ1n) is 8.27. The molecule has 134 valence electrons. The summed E-state index contributed by atoms with van der Waals surface area (Å²) in [5, 5.41) is 0. The smallest absolute Gasteiger partial charge is 0.302 e. The van der Waals surface area contributed by atoms with E-state index in [4.69, 9.17) is 4.74 Å². The minimum atomic E-state index is -3.50. The zero-order chi connectivity index (χ0) is 18.1. The van der Waals surface area contributed by atoms with Gasteiger partial charge in [-0.05, 0) is 42.5 Å². The first-order valence-corrected chi connectivity index (χ1v) is 9.76. The quantitative estimate of drug-likeness (QED) is 0.549. The average Bonchev–Trinajstić information content (AvgIpc) is 2.61. The van der Waals surface area contributed by atoms with E-state index in [1.807, 2.05) is 42.5 Å². The third-order valence-corrected chi connectivity index (χ3v) is 5.17. The molecule has 6 heteroatoms. The van der Waals surface area contributed by atoms with Crippen molar-refractivity contribution >= 4 is 16.0 Å². The molecule has 2 aromatic rings. The van der Waals surface area contributed by atoms with Crippen LogP contribution in [-0.4, -0.2) is 27.5 Å². The average molecular weight is 361 g/mol. The molecule has 0 aromatic heterocycles. The van der Waals surface area contributed by atoms with E-state index in [0.717, 1.165) is 24.0 Å². The summed E-state index contributed by atoms with van der Waals surface area (Å²) >= 11 is 0. The van der Waals surface area contributed by atoms with Gasteiger partial charge >= 0.3 is 5.97 Å². The summed E-state index contributed by atoms with van der Waals surface area (Å²) in [5.74, 6) is -0.292. The number of esters is 1. The predicted molar refractivity (Wildman–Crippen MR) is 97.6 cm³/mol. The standard InChI is InChI=1S/C19H23NO4S/c1-16(21)24-15-7-3-6-14-20-25(22,23)19-12-10-18(11-13-19)17-8-4-2-5-9-17/h2,4-5,8-13,20H,3,6-7,14-15H2,1H3. The van der Waals surface area contributed by atoms with Crippen molar-refractivity contribution in [2.24, 2.45) is 0 Å². The summed E-state index contributed by atoms with van der Waals surface area (Å²) in [6.07, 6.45) is 2.22. The SMILES string of the molecule is CC(=O)OCCCCCNS(=O)(=O)c1ccc(-c2ccccc2)cc1. The lowest BCUT2D eigenvalue weighted by molar-refractivity contribution is -0.141. The van der Waals surface area contributed by atoms with E-state index in [0.29, 0.717) is 19.6 Å². The number of hydrogen-bond acceptors (Lipinski definition) is 4. The number of carbonyl (C=O) groups excluding carboxylic acids is 1. The van der Waals surface area contributed by atoms with Crippen LogP contribution in [0.15, 0.2) is 59.5 Å². The fraction of sp³-hybridized carbons (Fsp3) is 0.316. The van der Waals surface area contributed by atoms with E-state index in [-0.39, 0.29) is 10.9 Å². The molecule has 0 heterocycles. The minimum absolute atomic E-state index is 0.257. The molecule has 2 aromatic carbocycles. The zero-order valence-electron chi connectivity index (χ0n) is 14.3. The van der Waals surface area contributed by atoms with Crippen molar-refractivity contribution in [3.63, 3.8) is 0 Å². The third-order valence-electron chi connectivity index (χ3n) is 3.69. The first-order chi connectivity index (χ1) is 12.0. The highest BCUT2D eigenvalue weighted by atomic mass is 32.2. The van der Waals surface area contributed by atoms with Crippen LogP contribution in [-0.2, 0) is 19.6 Å². The number of ether oxygens (including phenoxy) is 1. The normalized spacial score (nSPS) is 11.2. The third kappa shape index (κ3) is 6.32. The van der Waals surface area contributed by atoms with Gasteiger partial charge in [0.15, 0.2) is 0 Å². The topological polar surface area (TPSA) is 72.5 Å². The van der Waals surface area contributed by atoms with E-state index in [9.17, 15) is 13.2 Å². The fourth-order valence-electron chi connectivity index (χ4n) is 2.37. The van der Waals surface area contributed by atoms with Gasteiger partial charge in [0, 0.05) is 13.5 Å². The first kappa shape index (κ1) is 19.1. The van der Waals surface area contributed by atoms with Gasteiger partial charge in [-0.1, -0.05) is 42.5 Å². The number of sulfonamides is 1. The number of benzene rings is 2. The molecule has 0 spiro atoms. The van der Waals surface area contributed by atoms with E-state index in [1.54, 1.807) is 12.1 Å². The van der Waals surface area contributed by atoms with Crippen molar-refractivity contribution in [3.8, 4) is 11.1 Å². The van der Waals surface area contributed by atoms with E-state index in [1.165, 1.54) is 6.92 Å². The van der Waals surface area contributed by atoms with E-state index in [2.05, 4.69) is 4.72 Å². The molecule has 2 rings (SSSR count). The predicted octanol–water partition coefficient (Wildman–Crippen LogP) is 3.37. The number of carbonyl (C=O) groups is 1. The molecule has 0 amide bonds. The molecule has 0 unspecified atom stereocenters. The Bertz CT molecular complexity index is 771. The molecule has 0 atom stereocenters. The van der Waals surface area contributed by atoms with Crippen LogP contribution in [0.4, 0.5) is 0 Å². The molecule has 0 saturated heterocycles. The second kappa shape index (κ2) is 9.34. The highest BCUT2D eigenvalue weighted by Gasteiger charge is 2.13. The minimum Gasteiger partial charge on any atom is -0.466 e. The molecular weight excluding hydrogens is 338 g/mol. The van der Waals surface area contributed by atoms with Crippen LogP contribution in [0.1, 0.15) is 26.2 Å². The molecule has 0 radical (unpaired) electrons. The lowest BCUT2D eigenvalue weighted by Gasteiger charge is -2.08. The second-order valence-corrected chi connectivity index (χ2v) is 7.46. The largest absolute Gasteiger partial charge is 0.466 e. The fourth-order valence-corrected chi connectivity index (χ4v) is 3.44. The summed E-state index contributed by atoms with van der Waals surface area (Å²) in [5.41, 5.74) is 2.03. The van der Waals surface area contributed by atoms with Crippen LogP contribution < -0.4 is 4.72 Å². The summed E-state index contributed by atoms with van der Waals surface area (Å²) in [4.78, 5) is 10.9. The summed E-state index contributed by atoms with van der Waals surface area (Å²) in [7, 11) is -3.50. The Hall–Kier alpha value is -2.18. The van der Waals surface area contributed by atoms with Crippen molar-refractivity contribution in [1.82, 2.24) is 4.72 Å². The Morgan fingerprint density at radius 2 is 1.56 bits per heavy atom. The monoisotopic (exact) mass is 361 g/mol. The molecule has 1 N–H and O–H groups in total. The summed E-state index contributed by atoms with van der Waals surface area (Å²) in [6.45, 7) is 2.11. The van der Waals surface area contributed by atoms with Gasteiger partial charge in [-0.25, -0.2) is 13.1 Å². The van der Waals surface area contributed by atoms with Gasteiger partial charge in [0.25, 0.3) is 0 Å². The van der Waals surface area contributed by atoms with Crippen LogP contribution in [0.2, 0.25) is 0 Å². The van der Waals surface area contributed by atoms with Crippen molar-refractivity contribution in [2.75, 3.05) is 13.2 Å². The summed E-state index contributed by atoms with van der Waals surface area (Å²) < 4.78 is 32.0. The lowest BCUT2D eigenvalue weighted by atomic mass is 10.1. The number of unbranched alkanes of at least 4 members (excludes halogenated alkanes) is 2. The molecule has 0 bridgehead atoms. The second-order valence-electron chi connectivity index (χ2n) is 5.69. The number of rotatable bonds is 9. The molecular formula is C19H23NO4S. The highest BCUT2D eigenvalue weighted by Crippen LogP contribution is 2.20. The van der Waals surface area contributed by atoms with Gasteiger partial charge < -0.3 is 4.74 Å². The van der Waals surface area contributed by atoms with E-state index >= 15 is 0 Å². The Balaban J connectivity index is 1.82. The maximum absolute atomic E-state index is 12.3.